The van der Waals surface area contributed by atoms with Gasteiger partial charge in [0, 0.05) is 19.5 Å². The normalized spacial score (nSPS) is 12.6. The van der Waals surface area contributed by atoms with E-state index in [-0.39, 0.29) is 12.4 Å². The molecule has 0 saturated heterocycles. The number of nitrogens with two attached hydrogens (primary N) is 1. The predicted molar refractivity (Wildman–Crippen MR) is 99.2 cm³/mol. The minimum absolute atomic E-state index is 0.253. The third kappa shape index (κ3) is 6.58. The van der Waals surface area contributed by atoms with Crippen molar-refractivity contribution in [1.82, 2.24) is 10.6 Å². The third-order valence-electron chi connectivity index (χ3n) is 3.86. The molecular weight excluding hydrogens is 335 g/mol. The minimum atomic E-state index is -0.457. The Kier molecular flexibility index (Phi) is 7.67. The van der Waals surface area contributed by atoms with Crippen LogP contribution in [0.1, 0.15) is 18.2 Å². The molecule has 4 N–H and O–H groups in total. The van der Waals surface area contributed by atoms with Gasteiger partial charge in [-0.25, -0.2) is 4.39 Å². The lowest BCUT2D eigenvalue weighted by molar-refractivity contribution is -0.121. The van der Waals surface area contributed by atoms with Crippen molar-refractivity contribution in [2.75, 3.05) is 19.6 Å². The Labute approximate surface area is 152 Å². The zero-order chi connectivity index (χ0) is 18.8. The van der Waals surface area contributed by atoms with E-state index in [1.807, 2.05) is 19.1 Å². The number of nitrogens with one attached hydrogen (secondary N) is 2. The number of hydrogen-bond donors (Lipinski definition) is 3. The number of aliphatic imine (C=N–C) groups is 1. The molecule has 2 rings (SSSR count). The number of hydrogen-bond acceptors (Lipinski definition) is 3. The maximum atomic E-state index is 13.0. The van der Waals surface area contributed by atoms with Gasteiger partial charge >= 0.3 is 0 Å². The van der Waals surface area contributed by atoms with Crippen molar-refractivity contribution in [2.24, 2.45) is 16.6 Å². The molecule has 0 aliphatic rings. The van der Waals surface area contributed by atoms with E-state index >= 15 is 0 Å². The predicted octanol–water partition coefficient (Wildman–Crippen LogP) is 1.86. The number of nitrogens with zero attached hydrogens (tertiary/aromatic N) is 1. The van der Waals surface area contributed by atoms with E-state index in [1.54, 1.807) is 18.4 Å². The molecule has 0 aliphatic heterocycles. The van der Waals surface area contributed by atoms with E-state index < -0.39 is 11.8 Å². The summed E-state index contributed by atoms with van der Waals surface area (Å²) in [6.45, 7) is 3.57. The summed E-state index contributed by atoms with van der Waals surface area (Å²) in [4.78, 5) is 16.2. The molecule has 1 amide bonds. The van der Waals surface area contributed by atoms with Gasteiger partial charge in [0.1, 0.15) is 11.6 Å². The number of rotatable bonds is 9. The Balaban J connectivity index is 1.92. The second-order valence-electron chi connectivity index (χ2n) is 5.91. The molecule has 0 radical (unpaired) electrons. The highest BCUT2D eigenvalue weighted by Gasteiger charge is 2.16. The van der Waals surface area contributed by atoms with Crippen molar-refractivity contribution >= 4 is 11.9 Å². The number of benzene rings is 1. The van der Waals surface area contributed by atoms with Crippen LogP contribution in [0.4, 0.5) is 4.39 Å². The molecule has 0 fully saturated rings. The Morgan fingerprint density at radius 3 is 2.65 bits per heavy atom. The van der Waals surface area contributed by atoms with E-state index in [2.05, 4.69) is 15.6 Å². The van der Waals surface area contributed by atoms with Crippen LogP contribution >= 0.6 is 0 Å². The first-order chi connectivity index (χ1) is 12.6. The fourth-order valence-corrected chi connectivity index (χ4v) is 2.46. The van der Waals surface area contributed by atoms with Gasteiger partial charge in [0.05, 0.1) is 18.7 Å². The van der Waals surface area contributed by atoms with Gasteiger partial charge < -0.3 is 20.8 Å². The van der Waals surface area contributed by atoms with Crippen molar-refractivity contribution in [3.05, 3.63) is 59.8 Å². The smallest absolute Gasteiger partial charge is 0.222 e. The van der Waals surface area contributed by atoms with Gasteiger partial charge in [-0.2, -0.15) is 0 Å². The van der Waals surface area contributed by atoms with E-state index in [0.717, 1.165) is 17.7 Å². The summed E-state index contributed by atoms with van der Waals surface area (Å²) >= 11 is 0. The Bertz CT molecular complexity index is 699. The number of guanidine groups is 1. The lowest BCUT2D eigenvalue weighted by atomic mass is 9.99. The van der Waals surface area contributed by atoms with Gasteiger partial charge in [-0.15, -0.1) is 0 Å². The minimum Gasteiger partial charge on any atom is -0.469 e. The van der Waals surface area contributed by atoms with Crippen LogP contribution in [0.25, 0.3) is 0 Å². The van der Waals surface area contributed by atoms with Crippen LogP contribution in [0.3, 0.4) is 0 Å². The third-order valence-corrected chi connectivity index (χ3v) is 3.86. The van der Waals surface area contributed by atoms with Crippen LogP contribution in [-0.2, 0) is 17.6 Å². The van der Waals surface area contributed by atoms with Gasteiger partial charge in [0.25, 0.3) is 0 Å². The molecule has 1 unspecified atom stereocenters. The number of carbonyl (C=O) groups is 1. The number of halogens is 1. The topological polar surface area (TPSA) is 92.6 Å². The highest BCUT2D eigenvalue weighted by molar-refractivity contribution is 5.81. The van der Waals surface area contributed by atoms with Gasteiger partial charge in [-0.3, -0.25) is 9.79 Å². The van der Waals surface area contributed by atoms with E-state index in [9.17, 15) is 9.18 Å². The first-order valence-corrected chi connectivity index (χ1v) is 8.66. The standard InChI is InChI=1S/C19H25FN4O2/c1-2-22-19(23-10-9-17-4-3-11-26-17)24-13-15(18(21)25)12-14-5-7-16(20)8-6-14/h3-8,11,15H,2,9-10,12-13H2,1H3,(H2,21,25)(H2,22,23,24). The summed E-state index contributed by atoms with van der Waals surface area (Å²) in [5.41, 5.74) is 6.35. The van der Waals surface area contributed by atoms with Crippen LogP contribution in [0.2, 0.25) is 0 Å². The number of amides is 1. The maximum absolute atomic E-state index is 13.0. The fourth-order valence-electron chi connectivity index (χ4n) is 2.46. The first-order valence-electron chi connectivity index (χ1n) is 8.66. The van der Waals surface area contributed by atoms with Gasteiger partial charge in [0.2, 0.25) is 5.91 Å². The molecule has 0 saturated carbocycles. The summed E-state index contributed by atoms with van der Waals surface area (Å²) < 4.78 is 18.3. The molecule has 1 aromatic carbocycles. The molecule has 26 heavy (non-hydrogen) atoms. The van der Waals surface area contributed by atoms with Gasteiger partial charge in [0.15, 0.2) is 5.96 Å². The molecule has 1 atom stereocenters. The van der Waals surface area contributed by atoms with Crippen molar-refractivity contribution in [1.29, 1.82) is 0 Å². The maximum Gasteiger partial charge on any atom is 0.222 e. The van der Waals surface area contributed by atoms with Crippen LogP contribution in [0, 0.1) is 11.7 Å². The molecule has 0 spiro atoms. The summed E-state index contributed by atoms with van der Waals surface area (Å²) in [5.74, 6) is 0.312. The zero-order valence-corrected chi connectivity index (χ0v) is 14.9. The summed E-state index contributed by atoms with van der Waals surface area (Å²) in [7, 11) is 0. The Hall–Kier alpha value is -2.83. The SMILES string of the molecule is CCNC(=NCC(Cc1ccc(F)cc1)C(N)=O)NCCc1ccco1. The molecule has 0 aliphatic carbocycles. The van der Waals surface area contributed by atoms with Crippen LogP contribution < -0.4 is 16.4 Å². The second kappa shape index (κ2) is 10.2. The van der Waals surface area contributed by atoms with E-state index in [1.165, 1.54) is 12.1 Å². The van der Waals surface area contributed by atoms with Crippen LogP contribution in [0.15, 0.2) is 52.1 Å². The van der Waals surface area contributed by atoms with Crippen molar-refractivity contribution in [3.63, 3.8) is 0 Å². The van der Waals surface area contributed by atoms with Crippen LogP contribution in [-0.4, -0.2) is 31.5 Å². The largest absolute Gasteiger partial charge is 0.469 e. The average molecular weight is 360 g/mol. The number of carbonyl (C=O) groups excluding carboxylic acids is 1. The summed E-state index contributed by atoms with van der Waals surface area (Å²) in [6, 6.07) is 9.82. The quantitative estimate of drug-likeness (QED) is 0.470. The van der Waals surface area contributed by atoms with Crippen molar-refractivity contribution < 1.29 is 13.6 Å². The molecule has 0 bridgehead atoms. The molecule has 2 aromatic rings. The zero-order valence-electron chi connectivity index (χ0n) is 14.9. The highest BCUT2D eigenvalue weighted by atomic mass is 19.1. The Morgan fingerprint density at radius 2 is 2.04 bits per heavy atom. The molecule has 1 aromatic heterocycles. The molecular formula is C19H25FN4O2. The van der Waals surface area contributed by atoms with Gasteiger partial charge in [-0.1, -0.05) is 12.1 Å². The van der Waals surface area contributed by atoms with E-state index in [0.29, 0.717) is 25.5 Å². The first kappa shape index (κ1) is 19.5. The second-order valence-corrected chi connectivity index (χ2v) is 5.91. The number of furan rings is 1. The molecule has 140 valence electrons. The van der Waals surface area contributed by atoms with Crippen LogP contribution in [0.5, 0.6) is 0 Å². The van der Waals surface area contributed by atoms with Gasteiger partial charge in [-0.05, 0) is 43.2 Å². The lowest BCUT2D eigenvalue weighted by Gasteiger charge is -2.14. The summed E-state index contributed by atoms with van der Waals surface area (Å²) in [5, 5.41) is 6.34. The monoisotopic (exact) mass is 360 g/mol. The average Bonchev–Trinajstić information content (AvgIpc) is 3.13. The molecule has 6 nitrogen and oxygen atoms in total. The van der Waals surface area contributed by atoms with E-state index in [4.69, 9.17) is 10.2 Å². The lowest BCUT2D eigenvalue weighted by Crippen LogP contribution is -2.39. The highest BCUT2D eigenvalue weighted by Crippen LogP contribution is 2.10. The summed E-state index contributed by atoms with van der Waals surface area (Å²) in [6.07, 6.45) is 2.79. The fraction of sp³-hybridized carbons (Fsp3) is 0.368. The molecule has 7 heteroatoms. The number of primary amides is 1. The molecule has 1 heterocycles. The van der Waals surface area contributed by atoms with Crippen molar-refractivity contribution in [2.45, 2.75) is 19.8 Å². The Morgan fingerprint density at radius 1 is 1.27 bits per heavy atom. The van der Waals surface area contributed by atoms with Crippen molar-refractivity contribution in [3.8, 4) is 0 Å².